The normalized spacial score (nSPS) is 10.9. The van der Waals surface area contributed by atoms with Gasteiger partial charge in [0.2, 0.25) is 5.91 Å². The van der Waals surface area contributed by atoms with Crippen molar-refractivity contribution in [3.8, 4) is 11.5 Å². The van der Waals surface area contributed by atoms with E-state index in [-0.39, 0.29) is 12.5 Å². The molecule has 1 amide bonds. The lowest BCUT2D eigenvalue weighted by molar-refractivity contribution is -0.119. The SMILES string of the molecule is CCNC(=NCC(=O)NCc1ccc(OC)cc1)NCCCOc1ccccc1. The summed E-state index contributed by atoms with van der Waals surface area (Å²) in [5.41, 5.74) is 1.01. The van der Waals surface area contributed by atoms with E-state index in [1.807, 2.05) is 61.5 Å². The molecule has 0 saturated heterocycles. The van der Waals surface area contributed by atoms with Crippen LogP contribution in [0.5, 0.6) is 11.5 Å². The Bertz CT molecular complexity index is 748. The maximum atomic E-state index is 12.1. The lowest BCUT2D eigenvalue weighted by Crippen LogP contribution is -2.39. The van der Waals surface area contributed by atoms with Crippen molar-refractivity contribution in [2.24, 2.45) is 4.99 Å². The van der Waals surface area contributed by atoms with Crippen molar-refractivity contribution in [3.63, 3.8) is 0 Å². The second-order valence-corrected chi connectivity index (χ2v) is 6.26. The number of ether oxygens (including phenoxy) is 2. The molecule has 0 aliphatic heterocycles. The standard InChI is InChI=1S/C22H30N4O3/c1-3-23-22(24-14-7-15-29-20-8-5-4-6-9-20)26-17-21(27)25-16-18-10-12-19(28-2)13-11-18/h4-6,8-13H,3,7,14-17H2,1-2H3,(H,25,27)(H2,23,24,26). The van der Waals surface area contributed by atoms with Crippen LogP contribution in [-0.4, -0.2) is 45.2 Å². The second kappa shape index (κ2) is 13.0. The van der Waals surface area contributed by atoms with E-state index in [1.165, 1.54) is 0 Å². The number of guanidine groups is 1. The summed E-state index contributed by atoms with van der Waals surface area (Å²) in [4.78, 5) is 16.4. The monoisotopic (exact) mass is 398 g/mol. The molecule has 0 aliphatic carbocycles. The van der Waals surface area contributed by atoms with Crippen molar-refractivity contribution >= 4 is 11.9 Å². The lowest BCUT2D eigenvalue weighted by Gasteiger charge is -2.12. The van der Waals surface area contributed by atoms with Gasteiger partial charge in [0.05, 0.1) is 13.7 Å². The molecule has 0 fully saturated rings. The number of carbonyl (C=O) groups excluding carboxylic acids is 1. The summed E-state index contributed by atoms with van der Waals surface area (Å²) >= 11 is 0. The van der Waals surface area contributed by atoms with E-state index in [9.17, 15) is 4.79 Å². The Hall–Kier alpha value is -3.22. The number of amides is 1. The number of methoxy groups -OCH3 is 1. The van der Waals surface area contributed by atoms with Gasteiger partial charge in [0.1, 0.15) is 18.0 Å². The summed E-state index contributed by atoms with van der Waals surface area (Å²) in [6.07, 6.45) is 0.822. The third-order valence-corrected chi connectivity index (χ3v) is 4.00. The van der Waals surface area contributed by atoms with Gasteiger partial charge in [-0.15, -0.1) is 0 Å². The van der Waals surface area contributed by atoms with Gasteiger partial charge in [0.25, 0.3) is 0 Å². The Kier molecular flexibility index (Phi) is 9.93. The zero-order chi connectivity index (χ0) is 20.7. The number of nitrogens with zero attached hydrogens (tertiary/aromatic N) is 1. The quantitative estimate of drug-likeness (QED) is 0.307. The van der Waals surface area contributed by atoms with Crippen molar-refractivity contribution in [3.05, 3.63) is 60.2 Å². The van der Waals surface area contributed by atoms with Crippen LogP contribution in [0.15, 0.2) is 59.6 Å². The molecule has 0 radical (unpaired) electrons. The highest BCUT2D eigenvalue weighted by Gasteiger charge is 2.03. The number of carbonyl (C=O) groups is 1. The largest absolute Gasteiger partial charge is 0.497 e. The molecular weight excluding hydrogens is 368 g/mol. The molecule has 2 aromatic carbocycles. The van der Waals surface area contributed by atoms with Crippen molar-refractivity contribution in [1.29, 1.82) is 0 Å². The van der Waals surface area contributed by atoms with E-state index >= 15 is 0 Å². The van der Waals surface area contributed by atoms with E-state index in [0.717, 1.165) is 30.0 Å². The third kappa shape index (κ3) is 9.01. The Balaban J connectivity index is 1.67. The molecule has 0 unspecified atom stereocenters. The predicted molar refractivity (Wildman–Crippen MR) is 115 cm³/mol. The van der Waals surface area contributed by atoms with Crippen LogP contribution in [0.3, 0.4) is 0 Å². The predicted octanol–water partition coefficient (Wildman–Crippen LogP) is 2.34. The first-order valence-electron chi connectivity index (χ1n) is 9.81. The topological polar surface area (TPSA) is 84.0 Å². The number of aliphatic imine (C=N–C) groups is 1. The molecule has 0 saturated carbocycles. The summed E-state index contributed by atoms with van der Waals surface area (Å²) in [5, 5.41) is 9.22. The van der Waals surface area contributed by atoms with Crippen molar-refractivity contribution in [2.75, 3.05) is 33.4 Å². The smallest absolute Gasteiger partial charge is 0.242 e. The average molecular weight is 399 g/mol. The van der Waals surface area contributed by atoms with E-state index in [0.29, 0.717) is 25.7 Å². The highest BCUT2D eigenvalue weighted by atomic mass is 16.5. The van der Waals surface area contributed by atoms with E-state index in [4.69, 9.17) is 9.47 Å². The highest BCUT2D eigenvalue weighted by molar-refractivity contribution is 5.84. The van der Waals surface area contributed by atoms with Crippen LogP contribution in [-0.2, 0) is 11.3 Å². The first-order valence-corrected chi connectivity index (χ1v) is 9.81. The molecule has 0 heterocycles. The number of para-hydroxylation sites is 1. The Morgan fingerprint density at radius 3 is 2.41 bits per heavy atom. The van der Waals surface area contributed by atoms with Crippen LogP contribution in [0.2, 0.25) is 0 Å². The molecule has 29 heavy (non-hydrogen) atoms. The molecule has 2 aromatic rings. The molecule has 0 spiro atoms. The van der Waals surface area contributed by atoms with Gasteiger partial charge < -0.3 is 25.4 Å². The minimum Gasteiger partial charge on any atom is -0.497 e. The first kappa shape index (κ1) is 22.1. The number of rotatable bonds is 11. The van der Waals surface area contributed by atoms with Crippen molar-refractivity contribution in [1.82, 2.24) is 16.0 Å². The summed E-state index contributed by atoms with van der Waals surface area (Å²) in [5.74, 6) is 2.14. The van der Waals surface area contributed by atoms with E-state index in [1.54, 1.807) is 7.11 Å². The van der Waals surface area contributed by atoms with Crippen molar-refractivity contribution in [2.45, 2.75) is 19.9 Å². The van der Waals surface area contributed by atoms with Gasteiger partial charge in [-0.25, -0.2) is 4.99 Å². The number of hydrogen-bond donors (Lipinski definition) is 3. The number of hydrogen-bond acceptors (Lipinski definition) is 4. The highest BCUT2D eigenvalue weighted by Crippen LogP contribution is 2.11. The minimum absolute atomic E-state index is 0.0615. The van der Waals surface area contributed by atoms with Crippen LogP contribution in [0.25, 0.3) is 0 Å². The molecule has 156 valence electrons. The first-order chi connectivity index (χ1) is 14.2. The zero-order valence-corrected chi connectivity index (χ0v) is 17.1. The van der Waals surface area contributed by atoms with E-state index < -0.39 is 0 Å². The van der Waals surface area contributed by atoms with Gasteiger partial charge in [-0.2, -0.15) is 0 Å². The molecule has 0 bridgehead atoms. The van der Waals surface area contributed by atoms with Crippen LogP contribution in [0.4, 0.5) is 0 Å². The molecule has 0 aromatic heterocycles. The third-order valence-electron chi connectivity index (χ3n) is 4.00. The number of benzene rings is 2. The van der Waals surface area contributed by atoms with Gasteiger partial charge >= 0.3 is 0 Å². The molecule has 2 rings (SSSR count). The summed E-state index contributed by atoms with van der Waals surface area (Å²) in [6.45, 7) is 4.54. The van der Waals surface area contributed by atoms with Crippen LogP contribution < -0.4 is 25.4 Å². The molecular formula is C22H30N4O3. The molecule has 7 nitrogen and oxygen atoms in total. The van der Waals surface area contributed by atoms with Crippen LogP contribution in [0, 0.1) is 0 Å². The minimum atomic E-state index is -0.134. The van der Waals surface area contributed by atoms with Gasteiger partial charge in [0.15, 0.2) is 5.96 Å². The number of nitrogens with one attached hydrogen (secondary N) is 3. The Morgan fingerprint density at radius 2 is 1.72 bits per heavy atom. The Morgan fingerprint density at radius 1 is 0.966 bits per heavy atom. The van der Waals surface area contributed by atoms with Crippen LogP contribution >= 0.6 is 0 Å². The van der Waals surface area contributed by atoms with Crippen LogP contribution in [0.1, 0.15) is 18.9 Å². The molecule has 0 atom stereocenters. The second-order valence-electron chi connectivity index (χ2n) is 6.26. The van der Waals surface area contributed by atoms with Gasteiger partial charge in [-0.05, 0) is 43.2 Å². The van der Waals surface area contributed by atoms with Crippen molar-refractivity contribution < 1.29 is 14.3 Å². The fourth-order valence-corrected chi connectivity index (χ4v) is 2.48. The molecule has 7 heteroatoms. The maximum Gasteiger partial charge on any atom is 0.242 e. The fraction of sp³-hybridized carbons (Fsp3) is 0.364. The van der Waals surface area contributed by atoms with Gasteiger partial charge in [0, 0.05) is 19.6 Å². The summed E-state index contributed by atoms with van der Waals surface area (Å²) in [6, 6.07) is 17.3. The molecule has 3 N–H and O–H groups in total. The van der Waals surface area contributed by atoms with Gasteiger partial charge in [-0.1, -0.05) is 30.3 Å². The fourth-order valence-electron chi connectivity index (χ4n) is 2.48. The maximum absolute atomic E-state index is 12.1. The summed E-state index contributed by atoms with van der Waals surface area (Å²) in [7, 11) is 1.63. The Labute approximate surface area is 172 Å². The summed E-state index contributed by atoms with van der Waals surface area (Å²) < 4.78 is 10.8. The average Bonchev–Trinajstić information content (AvgIpc) is 2.76. The van der Waals surface area contributed by atoms with E-state index in [2.05, 4.69) is 20.9 Å². The van der Waals surface area contributed by atoms with Gasteiger partial charge in [-0.3, -0.25) is 4.79 Å². The molecule has 0 aliphatic rings. The lowest BCUT2D eigenvalue weighted by atomic mass is 10.2. The zero-order valence-electron chi connectivity index (χ0n) is 17.1.